The monoisotopic (exact) mass is 282 g/mol. The van der Waals surface area contributed by atoms with E-state index in [1.807, 2.05) is 11.8 Å². The molecule has 19 heavy (non-hydrogen) atoms. The molecule has 1 N–H and O–H groups in total. The van der Waals surface area contributed by atoms with Crippen LogP contribution >= 0.6 is 11.8 Å². The summed E-state index contributed by atoms with van der Waals surface area (Å²) in [7, 11) is 0. The third kappa shape index (κ3) is 3.88. The summed E-state index contributed by atoms with van der Waals surface area (Å²) in [5.41, 5.74) is 0. The lowest BCUT2D eigenvalue weighted by Gasteiger charge is -2.28. The van der Waals surface area contributed by atoms with E-state index < -0.39 is 0 Å². The maximum Gasteiger partial charge on any atom is 0.156 e. The Balaban J connectivity index is 1.35. The average molecular weight is 282 g/mol. The SMILES string of the molecule is C1CCC(OCCN=C2NC3CCCC3CS2)CC1. The van der Waals surface area contributed by atoms with E-state index in [1.165, 1.54) is 57.1 Å². The van der Waals surface area contributed by atoms with Gasteiger partial charge in [0.05, 0.1) is 19.3 Å². The first-order valence-electron chi connectivity index (χ1n) is 7.97. The Labute approximate surface area is 121 Å². The molecule has 2 saturated carbocycles. The van der Waals surface area contributed by atoms with Crippen molar-refractivity contribution in [2.75, 3.05) is 18.9 Å². The molecule has 0 aromatic heterocycles. The largest absolute Gasteiger partial charge is 0.376 e. The van der Waals surface area contributed by atoms with Crippen molar-refractivity contribution in [1.82, 2.24) is 5.32 Å². The second-order valence-electron chi connectivity index (χ2n) is 6.07. The smallest absolute Gasteiger partial charge is 0.156 e. The van der Waals surface area contributed by atoms with Crippen molar-refractivity contribution in [3.63, 3.8) is 0 Å². The lowest BCUT2D eigenvalue weighted by Crippen LogP contribution is -2.41. The van der Waals surface area contributed by atoms with Gasteiger partial charge < -0.3 is 10.1 Å². The molecule has 1 aliphatic heterocycles. The predicted octanol–water partition coefficient (Wildman–Crippen LogP) is 3.20. The van der Waals surface area contributed by atoms with Crippen molar-refractivity contribution in [3.05, 3.63) is 0 Å². The molecule has 0 spiro atoms. The molecule has 0 bridgehead atoms. The fourth-order valence-electron chi connectivity index (χ4n) is 3.50. The first-order chi connectivity index (χ1) is 9.42. The molecule has 2 aliphatic carbocycles. The molecule has 3 fully saturated rings. The van der Waals surface area contributed by atoms with Crippen LogP contribution in [0.25, 0.3) is 0 Å². The number of amidine groups is 1. The van der Waals surface area contributed by atoms with Gasteiger partial charge in [-0.1, -0.05) is 37.4 Å². The van der Waals surface area contributed by atoms with Crippen LogP contribution in [-0.2, 0) is 4.74 Å². The molecule has 0 aromatic rings. The number of hydrogen-bond donors (Lipinski definition) is 1. The molecule has 3 aliphatic rings. The van der Waals surface area contributed by atoms with E-state index in [-0.39, 0.29) is 0 Å². The number of hydrogen-bond acceptors (Lipinski definition) is 3. The molecule has 1 heterocycles. The lowest BCUT2D eigenvalue weighted by molar-refractivity contribution is 0.0335. The highest BCUT2D eigenvalue weighted by Gasteiger charge is 2.31. The number of thioether (sulfide) groups is 1. The first kappa shape index (κ1) is 13.7. The third-order valence-electron chi connectivity index (χ3n) is 4.65. The Morgan fingerprint density at radius 2 is 2.00 bits per heavy atom. The van der Waals surface area contributed by atoms with Gasteiger partial charge in [0.1, 0.15) is 0 Å². The normalized spacial score (nSPS) is 34.2. The summed E-state index contributed by atoms with van der Waals surface area (Å²) in [5.74, 6) is 2.16. The van der Waals surface area contributed by atoms with Gasteiger partial charge in [0, 0.05) is 11.8 Å². The van der Waals surface area contributed by atoms with Gasteiger partial charge in [-0.15, -0.1) is 0 Å². The van der Waals surface area contributed by atoms with Crippen LogP contribution in [-0.4, -0.2) is 36.2 Å². The molecule has 1 saturated heterocycles. The average Bonchev–Trinajstić information content (AvgIpc) is 2.92. The molecular formula is C15H26N2OS. The van der Waals surface area contributed by atoms with Crippen LogP contribution in [0.3, 0.4) is 0 Å². The summed E-state index contributed by atoms with van der Waals surface area (Å²) in [5, 5.41) is 4.77. The fraction of sp³-hybridized carbons (Fsp3) is 0.933. The minimum Gasteiger partial charge on any atom is -0.376 e. The van der Waals surface area contributed by atoms with E-state index >= 15 is 0 Å². The topological polar surface area (TPSA) is 33.6 Å². The van der Waals surface area contributed by atoms with Crippen molar-refractivity contribution in [3.8, 4) is 0 Å². The highest BCUT2D eigenvalue weighted by Crippen LogP contribution is 2.32. The van der Waals surface area contributed by atoms with Crippen molar-refractivity contribution in [2.45, 2.75) is 63.5 Å². The minimum absolute atomic E-state index is 0.514. The number of fused-ring (bicyclic) bond motifs is 1. The van der Waals surface area contributed by atoms with Gasteiger partial charge in [-0.25, -0.2) is 0 Å². The molecule has 0 amide bonds. The van der Waals surface area contributed by atoms with Crippen molar-refractivity contribution in [1.29, 1.82) is 0 Å². The molecule has 3 nitrogen and oxygen atoms in total. The third-order valence-corrected chi connectivity index (χ3v) is 5.77. The van der Waals surface area contributed by atoms with Gasteiger partial charge in [0.15, 0.2) is 5.17 Å². The summed E-state index contributed by atoms with van der Waals surface area (Å²) in [6.45, 7) is 1.62. The zero-order chi connectivity index (χ0) is 12.9. The number of nitrogens with zero attached hydrogens (tertiary/aromatic N) is 1. The summed E-state index contributed by atoms with van der Waals surface area (Å²) < 4.78 is 5.92. The highest BCUT2D eigenvalue weighted by atomic mass is 32.2. The Kier molecular flexibility index (Phi) is 5.05. The van der Waals surface area contributed by atoms with Crippen molar-refractivity contribution in [2.24, 2.45) is 10.9 Å². The summed E-state index contributed by atoms with van der Waals surface area (Å²) in [6, 6.07) is 0.708. The summed E-state index contributed by atoms with van der Waals surface area (Å²) in [6.07, 6.45) is 11.2. The van der Waals surface area contributed by atoms with Crippen LogP contribution < -0.4 is 5.32 Å². The van der Waals surface area contributed by atoms with E-state index in [9.17, 15) is 0 Å². The van der Waals surface area contributed by atoms with E-state index in [2.05, 4.69) is 10.3 Å². The minimum atomic E-state index is 0.514. The predicted molar refractivity (Wildman–Crippen MR) is 81.8 cm³/mol. The second kappa shape index (κ2) is 6.98. The molecule has 108 valence electrons. The second-order valence-corrected chi connectivity index (χ2v) is 7.08. The molecular weight excluding hydrogens is 256 g/mol. The van der Waals surface area contributed by atoms with Gasteiger partial charge in [-0.2, -0.15) is 0 Å². The Morgan fingerprint density at radius 1 is 1.11 bits per heavy atom. The van der Waals surface area contributed by atoms with Crippen molar-refractivity contribution >= 4 is 16.9 Å². The van der Waals surface area contributed by atoms with Crippen LogP contribution in [0.5, 0.6) is 0 Å². The van der Waals surface area contributed by atoms with E-state index in [0.717, 1.165) is 24.2 Å². The maximum absolute atomic E-state index is 5.92. The highest BCUT2D eigenvalue weighted by molar-refractivity contribution is 8.13. The Hall–Kier alpha value is -0.220. The van der Waals surface area contributed by atoms with Gasteiger partial charge >= 0.3 is 0 Å². The van der Waals surface area contributed by atoms with Gasteiger partial charge in [0.25, 0.3) is 0 Å². The zero-order valence-corrected chi connectivity index (χ0v) is 12.6. The van der Waals surface area contributed by atoms with Crippen LogP contribution in [0.2, 0.25) is 0 Å². The lowest BCUT2D eigenvalue weighted by atomic mass is 9.98. The molecule has 2 atom stereocenters. The van der Waals surface area contributed by atoms with Crippen LogP contribution in [0.15, 0.2) is 4.99 Å². The maximum atomic E-state index is 5.92. The number of rotatable bonds is 4. The Bertz CT molecular complexity index is 315. The molecule has 3 rings (SSSR count). The Morgan fingerprint density at radius 3 is 2.89 bits per heavy atom. The number of aliphatic imine (C=N–C) groups is 1. The molecule has 0 radical (unpaired) electrons. The van der Waals surface area contributed by atoms with E-state index in [4.69, 9.17) is 4.74 Å². The summed E-state index contributed by atoms with van der Waals surface area (Å²) >= 11 is 1.91. The van der Waals surface area contributed by atoms with Gasteiger partial charge in [-0.3, -0.25) is 4.99 Å². The van der Waals surface area contributed by atoms with Gasteiger partial charge in [0.2, 0.25) is 0 Å². The summed E-state index contributed by atoms with van der Waals surface area (Å²) in [4.78, 5) is 4.67. The quantitative estimate of drug-likeness (QED) is 0.804. The first-order valence-corrected chi connectivity index (χ1v) is 8.96. The molecule has 2 unspecified atom stereocenters. The molecule has 4 heteroatoms. The standard InChI is InChI=1S/C15H26N2OS/c1-2-6-13(7-3-1)18-10-9-16-15-17-14-8-4-5-12(14)11-19-15/h12-14H,1-11H2,(H,16,17). The van der Waals surface area contributed by atoms with Crippen LogP contribution in [0.4, 0.5) is 0 Å². The van der Waals surface area contributed by atoms with Gasteiger partial charge in [-0.05, 0) is 31.6 Å². The molecule has 0 aromatic carbocycles. The van der Waals surface area contributed by atoms with E-state index in [1.54, 1.807) is 0 Å². The van der Waals surface area contributed by atoms with Crippen LogP contribution in [0, 0.1) is 5.92 Å². The zero-order valence-electron chi connectivity index (χ0n) is 11.8. The van der Waals surface area contributed by atoms with E-state index in [0.29, 0.717) is 12.1 Å². The fourth-order valence-corrected chi connectivity index (χ4v) is 4.69. The number of nitrogens with one attached hydrogen (secondary N) is 1. The number of ether oxygens (including phenoxy) is 1. The van der Waals surface area contributed by atoms with Crippen LogP contribution in [0.1, 0.15) is 51.4 Å². The van der Waals surface area contributed by atoms with Crippen molar-refractivity contribution < 1.29 is 4.74 Å².